The van der Waals surface area contributed by atoms with E-state index in [1.54, 1.807) is 0 Å². The zero-order valence-electron chi connectivity index (χ0n) is 11.2. The molecule has 1 aromatic carbocycles. The van der Waals surface area contributed by atoms with E-state index < -0.39 is 16.0 Å². The molecule has 1 aliphatic carbocycles. The minimum atomic E-state index is -3.48. The molecule has 0 saturated heterocycles. The van der Waals surface area contributed by atoms with Gasteiger partial charge in [0.15, 0.2) is 12.0 Å². The van der Waals surface area contributed by atoms with Gasteiger partial charge in [0, 0.05) is 6.42 Å². The lowest BCUT2D eigenvalue weighted by atomic mass is 10.0. The van der Waals surface area contributed by atoms with Crippen LogP contribution in [0.1, 0.15) is 42.9 Å². The zero-order valence-corrected chi connectivity index (χ0v) is 12.0. The van der Waals surface area contributed by atoms with Crippen LogP contribution in [0.5, 0.6) is 0 Å². The molecule has 2 atom stereocenters. The second-order valence-corrected chi connectivity index (χ2v) is 7.69. The average Bonchev–Trinajstić information content (AvgIpc) is 3.17. The van der Waals surface area contributed by atoms with Crippen molar-refractivity contribution in [3.05, 3.63) is 41.7 Å². The molecule has 2 heterocycles. The smallest absolute Gasteiger partial charge is 0.239 e. The molecular formula is C14H14FN3O2S. The van der Waals surface area contributed by atoms with Crippen molar-refractivity contribution in [2.24, 2.45) is 0 Å². The fourth-order valence-electron chi connectivity index (χ4n) is 2.76. The van der Waals surface area contributed by atoms with E-state index in [4.69, 9.17) is 0 Å². The summed E-state index contributed by atoms with van der Waals surface area (Å²) in [6.45, 7) is 0. The lowest BCUT2D eigenvalue weighted by molar-refractivity contribution is 0.326. The summed E-state index contributed by atoms with van der Waals surface area (Å²) < 4.78 is 40.0. The number of benzene rings is 1. The Labute approximate surface area is 121 Å². The Morgan fingerprint density at radius 3 is 2.57 bits per heavy atom. The van der Waals surface area contributed by atoms with Crippen LogP contribution in [0.2, 0.25) is 0 Å². The third kappa shape index (κ3) is 1.98. The molecule has 1 fully saturated rings. The highest BCUT2D eigenvalue weighted by molar-refractivity contribution is 7.92. The van der Waals surface area contributed by atoms with Crippen molar-refractivity contribution in [3.8, 4) is 0 Å². The first-order valence-corrected chi connectivity index (χ1v) is 8.51. The normalized spacial score (nSPS) is 25.0. The topological polar surface area (TPSA) is 64.8 Å². The lowest BCUT2D eigenvalue weighted by Crippen LogP contribution is -2.12. The van der Waals surface area contributed by atoms with Crippen molar-refractivity contribution >= 4 is 9.84 Å². The molecule has 0 amide bonds. The van der Waals surface area contributed by atoms with Gasteiger partial charge < -0.3 is 0 Å². The van der Waals surface area contributed by atoms with Gasteiger partial charge in [-0.3, -0.25) is 0 Å². The van der Waals surface area contributed by atoms with E-state index in [0.29, 0.717) is 12.8 Å². The molecule has 0 spiro atoms. The van der Waals surface area contributed by atoms with Crippen molar-refractivity contribution in [1.29, 1.82) is 0 Å². The van der Waals surface area contributed by atoms with Gasteiger partial charge in [-0.25, -0.2) is 17.5 Å². The maximum absolute atomic E-state index is 14.2. The molecule has 0 unspecified atom stereocenters. The molecular weight excluding hydrogens is 293 g/mol. The molecule has 1 aromatic heterocycles. The second-order valence-electron chi connectivity index (χ2n) is 5.57. The molecule has 0 N–H and O–H groups in total. The van der Waals surface area contributed by atoms with E-state index in [0.717, 1.165) is 5.56 Å². The van der Waals surface area contributed by atoms with Crippen molar-refractivity contribution in [2.75, 3.05) is 0 Å². The summed E-state index contributed by atoms with van der Waals surface area (Å²) in [5.41, 5.74) is 0.916. The number of rotatable bonds is 3. The summed E-state index contributed by atoms with van der Waals surface area (Å²) in [5.74, 6) is 0.128. The lowest BCUT2D eigenvalue weighted by Gasteiger charge is -2.11. The number of aromatic nitrogens is 3. The van der Waals surface area contributed by atoms with Gasteiger partial charge in [-0.15, -0.1) is 5.10 Å². The summed E-state index contributed by atoms with van der Waals surface area (Å²) in [6, 6.07) is 9.13. The Morgan fingerprint density at radius 1 is 1.19 bits per heavy atom. The van der Waals surface area contributed by atoms with Crippen molar-refractivity contribution < 1.29 is 12.8 Å². The minimum absolute atomic E-state index is 0.128. The summed E-state index contributed by atoms with van der Waals surface area (Å²) >= 11 is 0. The highest BCUT2D eigenvalue weighted by Gasteiger charge is 2.43. The number of sulfone groups is 1. The number of hydrogen-bond acceptors (Lipinski definition) is 4. The Hall–Kier alpha value is -1.76. The maximum atomic E-state index is 14.2. The molecule has 0 radical (unpaired) electrons. The van der Waals surface area contributed by atoms with E-state index in [9.17, 15) is 12.8 Å². The highest BCUT2D eigenvalue weighted by atomic mass is 32.2. The summed E-state index contributed by atoms with van der Waals surface area (Å²) in [7, 11) is -3.48. The zero-order chi connectivity index (χ0) is 14.6. The number of alkyl halides is 1. The molecule has 21 heavy (non-hydrogen) atoms. The van der Waals surface area contributed by atoms with Crippen molar-refractivity contribution in [2.45, 2.75) is 41.9 Å². The number of fused-ring (bicyclic) bond motifs is 1. The second kappa shape index (κ2) is 4.37. The molecule has 5 nitrogen and oxygen atoms in total. The Kier molecular flexibility index (Phi) is 2.69. The minimum Gasteiger partial charge on any atom is -0.239 e. The summed E-state index contributed by atoms with van der Waals surface area (Å²) in [4.78, 5) is 3.97. The predicted octanol–water partition coefficient (Wildman–Crippen LogP) is 2.22. The number of halogens is 1. The van der Waals surface area contributed by atoms with Gasteiger partial charge in [-0.05, 0) is 18.4 Å². The first kappa shape index (κ1) is 12.9. The van der Waals surface area contributed by atoms with Gasteiger partial charge in [-0.1, -0.05) is 30.3 Å². The molecule has 110 valence electrons. The van der Waals surface area contributed by atoms with Gasteiger partial charge in [-0.2, -0.15) is 4.98 Å². The molecule has 7 heteroatoms. The monoisotopic (exact) mass is 307 g/mol. The summed E-state index contributed by atoms with van der Waals surface area (Å²) in [6.07, 6.45) is 0.273. The first-order chi connectivity index (χ1) is 10.1. The average molecular weight is 307 g/mol. The van der Waals surface area contributed by atoms with Gasteiger partial charge >= 0.3 is 0 Å². The van der Waals surface area contributed by atoms with E-state index in [-0.39, 0.29) is 28.7 Å². The Bertz CT molecular complexity index is 784. The largest absolute Gasteiger partial charge is 0.267 e. The van der Waals surface area contributed by atoms with Crippen LogP contribution < -0.4 is 0 Å². The first-order valence-electron chi connectivity index (χ1n) is 6.97. The fraction of sp³-hybridized carbons (Fsp3) is 0.429. The Morgan fingerprint density at radius 2 is 1.90 bits per heavy atom. The van der Waals surface area contributed by atoms with E-state index in [1.165, 1.54) is 4.68 Å². The molecule has 1 saturated carbocycles. The highest BCUT2D eigenvalue weighted by Crippen LogP contribution is 2.41. The third-order valence-corrected chi connectivity index (χ3v) is 6.08. The fourth-order valence-corrected chi connectivity index (χ4v) is 4.24. The number of nitrogens with zero attached hydrogens (tertiary/aromatic N) is 3. The van der Waals surface area contributed by atoms with Crippen LogP contribution in [0.3, 0.4) is 0 Å². The molecule has 4 rings (SSSR count). The number of hydrogen-bond donors (Lipinski definition) is 0. The molecule has 1 aliphatic heterocycles. The van der Waals surface area contributed by atoms with Gasteiger partial charge in [0.1, 0.15) is 0 Å². The SMILES string of the molecule is O=S(=O)(c1nc2n(n1)[C@H](c1ccccc1)C[C@@H]2F)C1CC1. The predicted molar refractivity (Wildman–Crippen MR) is 73.3 cm³/mol. The van der Waals surface area contributed by atoms with Crippen LogP contribution >= 0.6 is 0 Å². The van der Waals surface area contributed by atoms with Crippen LogP contribution in [0.4, 0.5) is 4.39 Å². The van der Waals surface area contributed by atoms with Crippen LogP contribution in [-0.4, -0.2) is 28.4 Å². The van der Waals surface area contributed by atoms with E-state index in [1.807, 2.05) is 30.3 Å². The quantitative estimate of drug-likeness (QED) is 0.872. The maximum Gasteiger partial charge on any atom is 0.267 e. The van der Waals surface area contributed by atoms with Crippen LogP contribution in [0.15, 0.2) is 35.5 Å². The molecule has 0 bridgehead atoms. The summed E-state index contributed by atoms with van der Waals surface area (Å²) in [5, 5.41) is 3.51. The van der Waals surface area contributed by atoms with E-state index in [2.05, 4.69) is 10.1 Å². The van der Waals surface area contributed by atoms with Crippen molar-refractivity contribution in [1.82, 2.24) is 14.8 Å². The standard InChI is InChI=1S/C14H14FN3O2S/c15-11-8-12(9-4-2-1-3-5-9)18-13(11)16-14(17-18)21(19,20)10-6-7-10/h1-5,10-12H,6-8H2/t11-,12-/m0/s1. The van der Waals surface area contributed by atoms with Gasteiger partial charge in [0.25, 0.3) is 5.16 Å². The van der Waals surface area contributed by atoms with Crippen molar-refractivity contribution in [3.63, 3.8) is 0 Å². The molecule has 2 aromatic rings. The van der Waals surface area contributed by atoms with E-state index >= 15 is 0 Å². The van der Waals surface area contributed by atoms with Crippen LogP contribution in [-0.2, 0) is 9.84 Å². The van der Waals surface area contributed by atoms with Gasteiger partial charge in [0.2, 0.25) is 9.84 Å². The Balaban J connectivity index is 1.78. The van der Waals surface area contributed by atoms with Crippen LogP contribution in [0.25, 0.3) is 0 Å². The van der Waals surface area contributed by atoms with Gasteiger partial charge in [0.05, 0.1) is 11.3 Å². The third-order valence-electron chi connectivity index (χ3n) is 4.05. The van der Waals surface area contributed by atoms with Crippen LogP contribution in [0, 0.1) is 0 Å². The molecule has 2 aliphatic rings.